The first kappa shape index (κ1) is 11.3. The van der Waals surface area contributed by atoms with Gasteiger partial charge >= 0.3 is 0 Å². The molecule has 2 rings (SSSR count). The van der Waals surface area contributed by atoms with Crippen LogP contribution in [0.3, 0.4) is 0 Å². The van der Waals surface area contributed by atoms with Crippen molar-refractivity contribution in [3.63, 3.8) is 0 Å². The summed E-state index contributed by atoms with van der Waals surface area (Å²) in [6, 6.07) is 4.11. The first-order valence-corrected chi connectivity index (χ1v) is 5.64. The number of rotatable bonds is 2. The Morgan fingerprint density at radius 2 is 1.88 bits per heavy atom. The number of nitrogens with one attached hydrogen (secondary N) is 1. The lowest BCUT2D eigenvalue weighted by atomic mass is 9.91. The molecule has 0 unspecified atom stereocenters. The molecule has 0 amide bonds. The summed E-state index contributed by atoms with van der Waals surface area (Å²) in [5.74, 6) is -1.65. The van der Waals surface area contributed by atoms with Crippen molar-refractivity contribution >= 4 is 5.69 Å². The van der Waals surface area contributed by atoms with E-state index >= 15 is 0 Å². The van der Waals surface area contributed by atoms with Crippen LogP contribution in [0, 0.1) is 11.6 Å². The molecule has 1 aliphatic carbocycles. The van der Waals surface area contributed by atoms with Crippen molar-refractivity contribution in [3.8, 4) is 0 Å². The normalized spacial score (nSPS) is 25.4. The highest BCUT2D eigenvalue weighted by Crippen LogP contribution is 2.22. The molecule has 0 aromatic heterocycles. The van der Waals surface area contributed by atoms with Gasteiger partial charge in [0.1, 0.15) is 0 Å². The third kappa shape index (κ3) is 2.50. The highest BCUT2D eigenvalue weighted by atomic mass is 19.2. The Bertz CT molecular complexity index is 368. The van der Waals surface area contributed by atoms with Crippen molar-refractivity contribution in [3.05, 3.63) is 29.8 Å². The molecular formula is C12H16F2N2. The number of nitrogens with two attached hydrogens (primary N) is 1. The zero-order valence-electron chi connectivity index (χ0n) is 9.05. The maximum absolute atomic E-state index is 13.0. The van der Waals surface area contributed by atoms with Crippen molar-refractivity contribution in [2.24, 2.45) is 5.73 Å². The summed E-state index contributed by atoms with van der Waals surface area (Å²) in [7, 11) is 0. The Labute approximate surface area is 93.8 Å². The van der Waals surface area contributed by atoms with Crippen LogP contribution in [0.4, 0.5) is 14.5 Å². The summed E-state index contributed by atoms with van der Waals surface area (Å²) in [6.07, 6.45) is 4.26. The Morgan fingerprint density at radius 3 is 2.56 bits per heavy atom. The standard InChI is InChI=1S/C12H16F2N2/c13-9-6-5-8(7-10(9)14)16-12-4-2-1-3-11(12)15/h5-7,11-12,16H,1-4,15H2/t11-,12+/m0/s1. The minimum atomic E-state index is -0.825. The van der Waals surface area contributed by atoms with E-state index in [0.717, 1.165) is 31.7 Å². The van der Waals surface area contributed by atoms with Gasteiger partial charge in [-0.25, -0.2) is 8.78 Å². The molecule has 1 aromatic carbocycles. The average molecular weight is 226 g/mol. The van der Waals surface area contributed by atoms with Gasteiger partial charge in [-0.3, -0.25) is 0 Å². The first-order valence-electron chi connectivity index (χ1n) is 5.64. The molecule has 1 fully saturated rings. The Hall–Kier alpha value is -1.16. The number of anilines is 1. The fraction of sp³-hybridized carbons (Fsp3) is 0.500. The van der Waals surface area contributed by atoms with Gasteiger partial charge in [0.2, 0.25) is 0 Å². The predicted molar refractivity (Wildman–Crippen MR) is 60.2 cm³/mol. The van der Waals surface area contributed by atoms with Crippen LogP contribution in [0.1, 0.15) is 25.7 Å². The molecule has 1 saturated carbocycles. The van der Waals surface area contributed by atoms with Crippen molar-refractivity contribution < 1.29 is 8.78 Å². The van der Waals surface area contributed by atoms with Gasteiger partial charge in [-0.05, 0) is 25.0 Å². The Morgan fingerprint density at radius 1 is 1.12 bits per heavy atom. The van der Waals surface area contributed by atoms with E-state index in [1.54, 1.807) is 6.07 Å². The topological polar surface area (TPSA) is 38.0 Å². The van der Waals surface area contributed by atoms with E-state index in [1.807, 2.05) is 0 Å². The van der Waals surface area contributed by atoms with Crippen LogP contribution in [0.2, 0.25) is 0 Å². The molecule has 4 heteroatoms. The molecule has 0 aliphatic heterocycles. The van der Waals surface area contributed by atoms with Gasteiger partial charge in [0, 0.05) is 23.8 Å². The van der Waals surface area contributed by atoms with E-state index in [2.05, 4.69) is 5.32 Å². The molecule has 2 atom stereocenters. The number of hydrogen-bond donors (Lipinski definition) is 2. The second kappa shape index (κ2) is 4.78. The lowest BCUT2D eigenvalue weighted by Gasteiger charge is -2.30. The quantitative estimate of drug-likeness (QED) is 0.813. The number of benzene rings is 1. The van der Waals surface area contributed by atoms with Crippen LogP contribution >= 0.6 is 0 Å². The molecule has 88 valence electrons. The van der Waals surface area contributed by atoms with Gasteiger partial charge in [-0.15, -0.1) is 0 Å². The first-order chi connectivity index (χ1) is 7.66. The minimum absolute atomic E-state index is 0.0989. The largest absolute Gasteiger partial charge is 0.381 e. The maximum Gasteiger partial charge on any atom is 0.160 e. The summed E-state index contributed by atoms with van der Waals surface area (Å²) in [5.41, 5.74) is 6.56. The smallest absolute Gasteiger partial charge is 0.160 e. The second-order valence-corrected chi connectivity index (χ2v) is 4.33. The minimum Gasteiger partial charge on any atom is -0.381 e. The molecule has 0 heterocycles. The SMILES string of the molecule is N[C@H]1CCCC[C@H]1Nc1ccc(F)c(F)c1. The van der Waals surface area contributed by atoms with Crippen molar-refractivity contribution in [1.82, 2.24) is 0 Å². The Balaban J connectivity index is 2.05. The van der Waals surface area contributed by atoms with Crippen LogP contribution < -0.4 is 11.1 Å². The molecule has 16 heavy (non-hydrogen) atoms. The van der Waals surface area contributed by atoms with Crippen LogP contribution in [-0.4, -0.2) is 12.1 Å². The van der Waals surface area contributed by atoms with Gasteiger partial charge in [0.05, 0.1) is 0 Å². The van der Waals surface area contributed by atoms with E-state index < -0.39 is 11.6 Å². The van der Waals surface area contributed by atoms with Gasteiger partial charge in [-0.2, -0.15) is 0 Å². The number of hydrogen-bond acceptors (Lipinski definition) is 2. The fourth-order valence-electron chi connectivity index (χ4n) is 2.14. The third-order valence-electron chi connectivity index (χ3n) is 3.09. The van der Waals surface area contributed by atoms with Gasteiger partial charge in [-0.1, -0.05) is 12.8 Å². The van der Waals surface area contributed by atoms with E-state index in [0.29, 0.717) is 5.69 Å². The van der Waals surface area contributed by atoms with Crippen LogP contribution in [0.15, 0.2) is 18.2 Å². The monoisotopic (exact) mass is 226 g/mol. The molecule has 3 N–H and O–H groups in total. The lowest BCUT2D eigenvalue weighted by Crippen LogP contribution is -2.42. The Kier molecular flexibility index (Phi) is 3.39. The zero-order valence-corrected chi connectivity index (χ0v) is 9.05. The molecule has 1 aliphatic rings. The van der Waals surface area contributed by atoms with E-state index in [1.165, 1.54) is 6.07 Å². The second-order valence-electron chi connectivity index (χ2n) is 4.33. The summed E-state index contributed by atoms with van der Waals surface area (Å²) in [6.45, 7) is 0. The molecular weight excluding hydrogens is 210 g/mol. The maximum atomic E-state index is 13.0. The molecule has 1 aromatic rings. The van der Waals surface area contributed by atoms with Gasteiger partial charge in [0.25, 0.3) is 0 Å². The molecule has 0 bridgehead atoms. The molecule has 0 spiro atoms. The van der Waals surface area contributed by atoms with E-state index in [9.17, 15) is 8.78 Å². The highest BCUT2D eigenvalue weighted by molar-refractivity contribution is 5.44. The summed E-state index contributed by atoms with van der Waals surface area (Å²) >= 11 is 0. The van der Waals surface area contributed by atoms with Crippen LogP contribution in [0.25, 0.3) is 0 Å². The zero-order chi connectivity index (χ0) is 11.5. The van der Waals surface area contributed by atoms with Gasteiger partial charge < -0.3 is 11.1 Å². The van der Waals surface area contributed by atoms with Crippen molar-refractivity contribution in [2.45, 2.75) is 37.8 Å². The number of halogens is 2. The highest BCUT2D eigenvalue weighted by Gasteiger charge is 2.21. The van der Waals surface area contributed by atoms with Crippen LogP contribution in [0.5, 0.6) is 0 Å². The summed E-state index contributed by atoms with van der Waals surface area (Å²) in [5, 5.41) is 3.17. The summed E-state index contributed by atoms with van der Waals surface area (Å²) in [4.78, 5) is 0. The summed E-state index contributed by atoms with van der Waals surface area (Å²) < 4.78 is 25.7. The molecule has 0 saturated heterocycles. The molecule has 0 radical (unpaired) electrons. The van der Waals surface area contributed by atoms with Crippen LogP contribution in [-0.2, 0) is 0 Å². The van der Waals surface area contributed by atoms with E-state index in [4.69, 9.17) is 5.73 Å². The van der Waals surface area contributed by atoms with E-state index in [-0.39, 0.29) is 12.1 Å². The van der Waals surface area contributed by atoms with Crippen molar-refractivity contribution in [2.75, 3.05) is 5.32 Å². The lowest BCUT2D eigenvalue weighted by molar-refractivity contribution is 0.403. The fourth-order valence-corrected chi connectivity index (χ4v) is 2.14. The molecule has 2 nitrogen and oxygen atoms in total. The predicted octanol–water partition coefficient (Wildman–Crippen LogP) is 2.65. The average Bonchev–Trinajstić information content (AvgIpc) is 2.27. The van der Waals surface area contributed by atoms with Crippen molar-refractivity contribution in [1.29, 1.82) is 0 Å². The third-order valence-corrected chi connectivity index (χ3v) is 3.09. The van der Waals surface area contributed by atoms with Gasteiger partial charge in [0.15, 0.2) is 11.6 Å².